The summed E-state index contributed by atoms with van der Waals surface area (Å²) < 4.78 is 58.5. The first kappa shape index (κ1) is 54.2. The molecule has 7 N–H and O–H groups in total. The van der Waals surface area contributed by atoms with E-state index >= 15 is 0 Å². The molecule has 1 aliphatic rings. The van der Waals surface area contributed by atoms with Crippen molar-refractivity contribution in [3.05, 3.63) is 102 Å². The monoisotopic (exact) mass is 1000 g/mol. The SMILES string of the molecule is CC(=O)N[C@H]1[C@H](O[C@@H](OCCOCCn2cc(CCC(=O)c3ccc(N=Nc4ccc(N(C)C)cc4)cc3)nn2)[C@@](C)(O)C(=O)CCCNc2cccc3c(S(=O)(=O)O)cccc23)O[C@H](CO)[C@@H](O)[C@@H]1O. The molecule has 1 fully saturated rings. The van der Waals surface area contributed by atoms with Gasteiger partial charge < -0.3 is 54.9 Å². The number of nitrogens with one attached hydrogen (secondary N) is 2. The van der Waals surface area contributed by atoms with Gasteiger partial charge in [-0.15, -0.1) is 5.10 Å². The Morgan fingerprint density at radius 1 is 0.915 bits per heavy atom. The van der Waals surface area contributed by atoms with Crippen LogP contribution in [-0.2, 0) is 51.6 Å². The van der Waals surface area contributed by atoms with Gasteiger partial charge in [-0.05, 0) is 74.0 Å². The highest BCUT2D eigenvalue weighted by Crippen LogP contribution is 2.31. The molecule has 0 aliphatic carbocycles. The summed E-state index contributed by atoms with van der Waals surface area (Å²) in [6.07, 6.45) is -5.91. The molecular formula is C48H60N8O14S. The Bertz CT molecular complexity index is 2720. The summed E-state index contributed by atoms with van der Waals surface area (Å²) in [5.74, 6) is -1.43. The Hall–Kier alpha value is -6.12. The molecular weight excluding hydrogens is 945 g/mol. The predicted molar refractivity (Wildman–Crippen MR) is 258 cm³/mol. The van der Waals surface area contributed by atoms with Crippen LogP contribution in [0.1, 0.15) is 49.2 Å². The zero-order valence-electron chi connectivity index (χ0n) is 39.7. The van der Waals surface area contributed by atoms with E-state index in [1.54, 1.807) is 59.4 Å². The number of carbonyl (C=O) groups is 3. The molecule has 1 saturated heterocycles. The van der Waals surface area contributed by atoms with Crippen molar-refractivity contribution in [2.75, 3.05) is 57.3 Å². The summed E-state index contributed by atoms with van der Waals surface area (Å²) >= 11 is 0. The topological polar surface area (TPSA) is 306 Å². The van der Waals surface area contributed by atoms with E-state index in [9.17, 15) is 47.8 Å². The molecule has 382 valence electrons. The molecule has 1 aliphatic heterocycles. The summed E-state index contributed by atoms with van der Waals surface area (Å²) in [5.41, 5.74) is 1.64. The third kappa shape index (κ3) is 14.7. The van der Waals surface area contributed by atoms with Crippen LogP contribution in [-0.4, -0.2) is 155 Å². The van der Waals surface area contributed by atoms with Gasteiger partial charge in [0.15, 0.2) is 29.7 Å². The maximum Gasteiger partial charge on any atom is 0.295 e. The molecule has 0 saturated carbocycles. The first-order chi connectivity index (χ1) is 33.8. The summed E-state index contributed by atoms with van der Waals surface area (Å²) in [6.45, 7) is 1.86. The lowest BCUT2D eigenvalue weighted by atomic mass is 9.95. The Labute approximate surface area is 410 Å². The molecule has 1 amide bonds. The van der Waals surface area contributed by atoms with Crippen molar-refractivity contribution in [2.45, 2.75) is 93.5 Å². The lowest BCUT2D eigenvalue weighted by molar-refractivity contribution is -0.335. The number of benzene rings is 4. The number of ketones is 2. The van der Waals surface area contributed by atoms with E-state index in [1.807, 2.05) is 43.3 Å². The normalized spacial score (nSPS) is 19.6. The second-order valence-corrected chi connectivity index (χ2v) is 18.6. The lowest BCUT2D eigenvalue weighted by Crippen LogP contribution is -2.66. The second kappa shape index (κ2) is 24.8. The summed E-state index contributed by atoms with van der Waals surface area (Å²) in [7, 11) is -0.584. The van der Waals surface area contributed by atoms with E-state index in [0.29, 0.717) is 45.5 Å². The van der Waals surface area contributed by atoms with Gasteiger partial charge in [-0.3, -0.25) is 18.9 Å². The van der Waals surface area contributed by atoms with Crippen LogP contribution in [0.15, 0.2) is 106 Å². The third-order valence-corrected chi connectivity index (χ3v) is 12.5. The van der Waals surface area contributed by atoms with Gasteiger partial charge in [0.25, 0.3) is 10.1 Å². The molecule has 0 unspecified atom stereocenters. The van der Waals surface area contributed by atoms with Crippen LogP contribution in [0.4, 0.5) is 22.7 Å². The van der Waals surface area contributed by atoms with Crippen molar-refractivity contribution in [3.63, 3.8) is 0 Å². The average molecular weight is 1010 g/mol. The van der Waals surface area contributed by atoms with Crippen LogP contribution < -0.4 is 15.5 Å². The minimum Gasteiger partial charge on any atom is -0.394 e. The molecule has 7 atom stereocenters. The molecule has 2 heterocycles. The minimum absolute atomic E-state index is 0.0697. The number of carbonyl (C=O) groups excluding carboxylic acids is 3. The zero-order chi connectivity index (χ0) is 51.3. The van der Waals surface area contributed by atoms with Gasteiger partial charge in [-0.25, -0.2) is 4.68 Å². The van der Waals surface area contributed by atoms with Gasteiger partial charge in [-0.1, -0.05) is 29.5 Å². The van der Waals surface area contributed by atoms with E-state index in [1.165, 1.54) is 12.1 Å². The van der Waals surface area contributed by atoms with Crippen LogP contribution in [0.25, 0.3) is 10.8 Å². The van der Waals surface area contributed by atoms with E-state index in [0.717, 1.165) is 19.5 Å². The largest absolute Gasteiger partial charge is 0.394 e. The van der Waals surface area contributed by atoms with Gasteiger partial charge in [0.2, 0.25) is 5.91 Å². The Balaban J connectivity index is 1.00. The van der Waals surface area contributed by atoms with Crippen LogP contribution in [0.5, 0.6) is 0 Å². The molecule has 1 aromatic heterocycles. The molecule has 0 radical (unpaired) electrons. The van der Waals surface area contributed by atoms with Crippen LogP contribution in [0.3, 0.4) is 0 Å². The van der Waals surface area contributed by atoms with E-state index in [-0.39, 0.29) is 62.9 Å². The van der Waals surface area contributed by atoms with E-state index in [2.05, 4.69) is 31.2 Å². The highest BCUT2D eigenvalue weighted by molar-refractivity contribution is 7.86. The molecule has 4 aromatic carbocycles. The van der Waals surface area contributed by atoms with Crippen molar-refractivity contribution in [3.8, 4) is 0 Å². The van der Waals surface area contributed by atoms with Crippen LogP contribution >= 0.6 is 0 Å². The van der Waals surface area contributed by atoms with Gasteiger partial charge in [-0.2, -0.15) is 18.6 Å². The number of hydrogen-bond donors (Lipinski definition) is 7. The number of aliphatic hydroxyl groups is 4. The van der Waals surface area contributed by atoms with Gasteiger partial charge >= 0.3 is 0 Å². The standard InChI is InChI=1S/C48H60N8O14S/c1-30(58)50-43-45(62)44(61)40(29-57)69-46(43)70-47(48(2,63)42(60)12-7-23-49-38-10-5-9-37-36(38)8-6-11-41(37)71(64,65)66)68-27-26-67-25-24-56-28-34(53-54-56)19-22-39(59)31-13-15-32(16-14-31)51-52-33-17-20-35(21-18-33)55(3)4/h5-6,8-11,13-18,20-21,28,40,43-47,49,57,61-63H,7,12,19,22-27,29H2,1-4H3,(H,50,58)(H,64,65,66)/t40-,43-,44-,45-,46+,47-,48+/m1/s1. The lowest BCUT2D eigenvalue weighted by Gasteiger charge is -2.44. The fourth-order valence-corrected chi connectivity index (χ4v) is 8.34. The number of aromatic nitrogens is 3. The average Bonchev–Trinajstić information content (AvgIpc) is 3.81. The Morgan fingerprint density at radius 3 is 2.25 bits per heavy atom. The molecule has 71 heavy (non-hydrogen) atoms. The number of aliphatic hydroxyl groups excluding tert-OH is 3. The first-order valence-corrected chi connectivity index (χ1v) is 24.2. The van der Waals surface area contributed by atoms with Gasteiger partial charge in [0.1, 0.15) is 29.2 Å². The van der Waals surface area contributed by atoms with E-state index < -0.39 is 71.0 Å². The number of aryl methyl sites for hydroxylation is 1. The van der Waals surface area contributed by atoms with Crippen molar-refractivity contribution >= 4 is 61.1 Å². The molecule has 6 rings (SSSR count). The van der Waals surface area contributed by atoms with Gasteiger partial charge in [0.05, 0.1) is 50.0 Å². The maximum atomic E-state index is 13.7. The molecule has 0 bridgehead atoms. The zero-order valence-corrected chi connectivity index (χ0v) is 40.5. The highest BCUT2D eigenvalue weighted by Gasteiger charge is 2.49. The fourth-order valence-electron chi connectivity index (χ4n) is 7.63. The third-order valence-electron chi connectivity index (χ3n) is 11.6. The number of hydrogen-bond acceptors (Lipinski definition) is 19. The number of fused-ring (bicyclic) bond motifs is 1. The molecule has 22 nitrogen and oxygen atoms in total. The second-order valence-electron chi connectivity index (χ2n) is 17.2. The minimum atomic E-state index is -4.50. The summed E-state index contributed by atoms with van der Waals surface area (Å²) in [5, 5.41) is 66.2. The van der Waals surface area contributed by atoms with Crippen molar-refractivity contribution in [2.24, 2.45) is 10.2 Å². The molecule has 5 aromatic rings. The number of Topliss-reactive ketones (excluding diaryl/α,β-unsaturated/α-hetero) is 2. The fraction of sp³-hybridized carbons (Fsp3) is 0.438. The van der Waals surface area contributed by atoms with Crippen LogP contribution in [0.2, 0.25) is 0 Å². The number of anilines is 2. The number of amides is 1. The van der Waals surface area contributed by atoms with Crippen LogP contribution in [0, 0.1) is 0 Å². The van der Waals surface area contributed by atoms with E-state index in [4.69, 9.17) is 18.9 Å². The Kier molecular flexibility index (Phi) is 19.0. The number of azo groups is 1. The number of rotatable bonds is 26. The summed E-state index contributed by atoms with van der Waals surface area (Å²) in [6, 6.07) is 22.4. The number of nitrogens with zero attached hydrogens (tertiary/aromatic N) is 6. The number of ether oxygens (including phenoxy) is 4. The van der Waals surface area contributed by atoms with Crippen molar-refractivity contribution in [1.82, 2.24) is 20.3 Å². The smallest absolute Gasteiger partial charge is 0.295 e. The quantitative estimate of drug-likeness (QED) is 0.0137. The molecule has 23 heteroatoms. The summed E-state index contributed by atoms with van der Waals surface area (Å²) in [4.78, 5) is 40.5. The first-order valence-electron chi connectivity index (χ1n) is 22.8. The Morgan fingerprint density at radius 2 is 1.59 bits per heavy atom. The molecule has 0 spiro atoms. The highest BCUT2D eigenvalue weighted by atomic mass is 32.2. The van der Waals surface area contributed by atoms with Gasteiger partial charge in [0, 0.05) is 80.7 Å². The van der Waals surface area contributed by atoms with Crippen molar-refractivity contribution in [1.29, 1.82) is 0 Å². The maximum absolute atomic E-state index is 13.7. The van der Waals surface area contributed by atoms with Crippen molar-refractivity contribution < 1.29 is 66.7 Å². The predicted octanol–water partition coefficient (Wildman–Crippen LogP) is 3.51.